The summed E-state index contributed by atoms with van der Waals surface area (Å²) in [5.41, 5.74) is 0. The Morgan fingerprint density at radius 2 is 1.07 bits per heavy atom. The Balaban J connectivity index is 2.34. The van der Waals surface area contributed by atoms with Gasteiger partial charge in [-0.15, -0.1) is 0 Å². The average molecular weight is 818 g/mol. The molecular weight excluding hydrogens is 731 g/mol. The zero-order valence-corrected chi connectivity index (χ0v) is 36.8. The number of hydrogen-bond donors (Lipinski definition) is 6. The zero-order chi connectivity index (χ0) is 42.3. The molecule has 0 radical (unpaired) electrons. The van der Waals surface area contributed by atoms with Crippen LogP contribution in [-0.2, 0) is 14.3 Å². The van der Waals surface area contributed by atoms with Crippen molar-refractivity contribution in [1.82, 2.24) is 5.32 Å². The topological polar surface area (TPSA) is 149 Å². The zero-order valence-electron chi connectivity index (χ0n) is 36.8. The second-order valence-electron chi connectivity index (χ2n) is 16.2. The molecule has 1 heterocycles. The Kier molecular flexibility index (Phi) is 36.3. The number of carbonyl (C=O) groups is 1. The molecule has 0 saturated carbocycles. The van der Waals surface area contributed by atoms with Gasteiger partial charge >= 0.3 is 0 Å². The number of nitrogens with one attached hydrogen (secondary N) is 1. The van der Waals surface area contributed by atoms with E-state index in [0.717, 1.165) is 77.0 Å². The highest BCUT2D eigenvalue weighted by molar-refractivity contribution is 5.76. The highest BCUT2D eigenvalue weighted by Gasteiger charge is 2.44. The molecule has 1 aliphatic rings. The number of carbonyl (C=O) groups excluding carboxylic acids is 1. The van der Waals surface area contributed by atoms with Crippen molar-refractivity contribution < 1.29 is 39.8 Å². The minimum atomic E-state index is -1.57. The molecule has 1 rings (SSSR count). The number of ether oxygens (including phenoxy) is 2. The van der Waals surface area contributed by atoms with Crippen LogP contribution in [0.15, 0.2) is 60.8 Å². The maximum atomic E-state index is 13.0. The van der Waals surface area contributed by atoms with Crippen molar-refractivity contribution in [1.29, 1.82) is 0 Å². The third-order valence-electron chi connectivity index (χ3n) is 10.8. The molecule has 0 aromatic rings. The van der Waals surface area contributed by atoms with Gasteiger partial charge in [0.15, 0.2) is 6.29 Å². The third kappa shape index (κ3) is 29.2. The van der Waals surface area contributed by atoms with Crippen LogP contribution in [0, 0.1) is 0 Å². The van der Waals surface area contributed by atoms with Crippen LogP contribution in [-0.4, -0.2) is 87.5 Å². The van der Waals surface area contributed by atoms with E-state index >= 15 is 0 Å². The van der Waals surface area contributed by atoms with Crippen LogP contribution in [0.5, 0.6) is 0 Å². The average Bonchev–Trinajstić information content (AvgIpc) is 3.22. The van der Waals surface area contributed by atoms with Gasteiger partial charge in [0.1, 0.15) is 24.4 Å². The molecule has 0 aliphatic carbocycles. The van der Waals surface area contributed by atoms with Gasteiger partial charge in [-0.25, -0.2) is 0 Å². The van der Waals surface area contributed by atoms with Gasteiger partial charge in [0.2, 0.25) is 5.91 Å². The molecule has 0 aromatic heterocycles. The molecule has 1 fully saturated rings. The molecule has 6 N–H and O–H groups in total. The summed E-state index contributed by atoms with van der Waals surface area (Å²) in [5.74, 6) is -0.188. The standard InChI is InChI=1S/C49H87NO8/c1-3-5-7-9-11-13-15-17-19-20-21-22-23-24-25-27-29-31-33-35-37-39-45(53)50-42(41-57-49-48(56)47(55)46(54)44(40-51)58-49)43(52)38-36-34-32-30-28-26-18-16-14-12-10-8-6-4-2/h5,7,11,13,17,19,21-22,36,38,42-44,46-49,51-52,54-56H,3-4,6,8-10,12,14-16,18,20,23-35,37,39-41H2,1-2H3,(H,50,53)/b7-5-,13-11-,19-17-,22-21-,38-36+. The second kappa shape index (κ2) is 39.1. The van der Waals surface area contributed by atoms with E-state index in [9.17, 15) is 30.3 Å². The summed E-state index contributed by atoms with van der Waals surface area (Å²) in [4.78, 5) is 13.0. The molecule has 1 aliphatic heterocycles. The van der Waals surface area contributed by atoms with E-state index in [4.69, 9.17) is 9.47 Å². The second-order valence-corrected chi connectivity index (χ2v) is 16.2. The fourth-order valence-electron chi connectivity index (χ4n) is 7.09. The fourth-order valence-corrected chi connectivity index (χ4v) is 7.09. The van der Waals surface area contributed by atoms with Crippen LogP contribution in [0.25, 0.3) is 0 Å². The van der Waals surface area contributed by atoms with Crippen molar-refractivity contribution in [3.63, 3.8) is 0 Å². The van der Waals surface area contributed by atoms with E-state index in [0.29, 0.717) is 6.42 Å². The van der Waals surface area contributed by atoms with Gasteiger partial charge in [0, 0.05) is 6.42 Å². The first-order valence-corrected chi connectivity index (χ1v) is 23.5. The van der Waals surface area contributed by atoms with Crippen LogP contribution in [0.1, 0.15) is 187 Å². The summed E-state index contributed by atoms with van der Waals surface area (Å²) in [6.07, 6.45) is 44.0. The lowest BCUT2D eigenvalue weighted by molar-refractivity contribution is -0.302. The summed E-state index contributed by atoms with van der Waals surface area (Å²) in [6, 6.07) is -0.810. The third-order valence-corrected chi connectivity index (χ3v) is 10.8. The summed E-state index contributed by atoms with van der Waals surface area (Å²) >= 11 is 0. The Hall–Kier alpha value is -2.11. The first-order chi connectivity index (χ1) is 28.3. The number of hydrogen-bond acceptors (Lipinski definition) is 8. The van der Waals surface area contributed by atoms with E-state index in [1.165, 1.54) is 89.9 Å². The smallest absolute Gasteiger partial charge is 0.220 e. The van der Waals surface area contributed by atoms with Crippen LogP contribution in [0.3, 0.4) is 0 Å². The van der Waals surface area contributed by atoms with Gasteiger partial charge < -0.3 is 40.3 Å². The van der Waals surface area contributed by atoms with Gasteiger partial charge in [0.05, 0.1) is 25.4 Å². The van der Waals surface area contributed by atoms with E-state index in [2.05, 4.69) is 67.8 Å². The van der Waals surface area contributed by atoms with Crippen LogP contribution in [0.4, 0.5) is 0 Å². The predicted molar refractivity (Wildman–Crippen MR) is 239 cm³/mol. The molecule has 1 amide bonds. The Morgan fingerprint density at radius 1 is 0.603 bits per heavy atom. The molecule has 336 valence electrons. The van der Waals surface area contributed by atoms with Crippen molar-refractivity contribution in [2.75, 3.05) is 13.2 Å². The molecule has 9 heteroatoms. The fraction of sp³-hybridized carbons (Fsp3) is 0.776. The number of aliphatic hydroxyl groups is 5. The number of rotatable bonds is 38. The molecule has 1 saturated heterocycles. The molecule has 7 unspecified atom stereocenters. The van der Waals surface area contributed by atoms with Crippen LogP contribution < -0.4 is 5.32 Å². The van der Waals surface area contributed by atoms with Gasteiger partial charge in [-0.3, -0.25) is 4.79 Å². The van der Waals surface area contributed by atoms with Crippen molar-refractivity contribution >= 4 is 5.91 Å². The van der Waals surface area contributed by atoms with Crippen molar-refractivity contribution in [2.45, 2.75) is 230 Å². The van der Waals surface area contributed by atoms with Gasteiger partial charge in [-0.1, -0.05) is 184 Å². The Labute approximate surface area is 354 Å². The van der Waals surface area contributed by atoms with Crippen LogP contribution >= 0.6 is 0 Å². The van der Waals surface area contributed by atoms with Gasteiger partial charge in [-0.2, -0.15) is 0 Å². The van der Waals surface area contributed by atoms with Crippen LogP contribution in [0.2, 0.25) is 0 Å². The number of unbranched alkanes of at least 4 members (excludes halogenated alkanes) is 20. The highest BCUT2D eigenvalue weighted by Crippen LogP contribution is 2.22. The lowest BCUT2D eigenvalue weighted by Gasteiger charge is -2.40. The largest absolute Gasteiger partial charge is 0.394 e. The number of allylic oxidation sites excluding steroid dienone is 9. The van der Waals surface area contributed by atoms with Gasteiger partial charge in [-0.05, 0) is 57.8 Å². The first-order valence-electron chi connectivity index (χ1n) is 23.5. The molecule has 58 heavy (non-hydrogen) atoms. The van der Waals surface area contributed by atoms with Crippen molar-refractivity contribution in [3.05, 3.63) is 60.8 Å². The number of amides is 1. The molecule has 0 spiro atoms. The Bertz CT molecular complexity index is 1090. The minimum Gasteiger partial charge on any atom is -0.394 e. The van der Waals surface area contributed by atoms with Gasteiger partial charge in [0.25, 0.3) is 0 Å². The summed E-state index contributed by atoms with van der Waals surface area (Å²) in [6.45, 7) is 3.64. The minimum absolute atomic E-state index is 0.188. The monoisotopic (exact) mass is 818 g/mol. The summed E-state index contributed by atoms with van der Waals surface area (Å²) < 4.78 is 11.2. The lowest BCUT2D eigenvalue weighted by atomic mass is 9.99. The molecule has 0 aromatic carbocycles. The SMILES string of the molecule is CC/C=C\C/C=C\C/C=C\C/C=C\CCCCCCCCCCC(=O)NC(COC1OC(CO)C(O)C(O)C1O)C(O)/C=C/CCCCCCCCCCCCCC. The predicted octanol–water partition coefficient (Wildman–Crippen LogP) is 10.0. The quantitative estimate of drug-likeness (QED) is 0.0267. The van der Waals surface area contributed by atoms with Crippen molar-refractivity contribution in [2.24, 2.45) is 0 Å². The maximum absolute atomic E-state index is 13.0. The summed E-state index contributed by atoms with van der Waals surface area (Å²) in [5, 5.41) is 54.2. The van der Waals surface area contributed by atoms with E-state index in [-0.39, 0.29) is 12.5 Å². The highest BCUT2D eigenvalue weighted by atomic mass is 16.7. The van der Waals surface area contributed by atoms with E-state index in [1.54, 1.807) is 6.08 Å². The van der Waals surface area contributed by atoms with E-state index in [1.807, 2.05) is 6.08 Å². The lowest BCUT2D eigenvalue weighted by Crippen LogP contribution is -2.60. The number of aliphatic hydroxyl groups excluding tert-OH is 5. The first kappa shape index (κ1) is 53.9. The molecule has 7 atom stereocenters. The Morgan fingerprint density at radius 3 is 1.59 bits per heavy atom. The normalized spacial score (nSPS) is 21.4. The molecule has 0 bridgehead atoms. The molecule has 9 nitrogen and oxygen atoms in total. The van der Waals surface area contributed by atoms with Crippen molar-refractivity contribution in [3.8, 4) is 0 Å². The summed E-state index contributed by atoms with van der Waals surface area (Å²) in [7, 11) is 0. The maximum Gasteiger partial charge on any atom is 0.220 e. The van der Waals surface area contributed by atoms with E-state index < -0.39 is 49.5 Å². The molecular formula is C49H87NO8.